The van der Waals surface area contributed by atoms with Crippen LogP contribution in [0.2, 0.25) is 0 Å². The molecule has 0 aliphatic rings. The summed E-state index contributed by atoms with van der Waals surface area (Å²) in [6.45, 7) is 0. The highest BCUT2D eigenvalue weighted by atomic mass is 79.9. The molecule has 0 aromatic heterocycles. The topological polar surface area (TPSA) is 26.0 Å². The molecule has 126 valence electrons. The number of alkyl halides is 9. The van der Waals surface area contributed by atoms with Gasteiger partial charge < -0.3 is 5.73 Å². The molecule has 0 unspecified atom stereocenters. The number of anilines is 1. The molecule has 1 rings (SSSR count). The van der Waals surface area contributed by atoms with Crippen LogP contribution >= 0.6 is 27.7 Å². The minimum atomic E-state index is -6.34. The van der Waals surface area contributed by atoms with Crippen LogP contribution in [0, 0.1) is 0 Å². The van der Waals surface area contributed by atoms with Crippen molar-refractivity contribution in [3.63, 3.8) is 0 Å². The van der Waals surface area contributed by atoms with Crippen molar-refractivity contribution in [2.24, 2.45) is 0 Å². The second-order valence-corrected chi connectivity index (χ2v) is 5.79. The lowest BCUT2D eigenvalue weighted by molar-refractivity contribution is -0.348. The lowest BCUT2D eigenvalue weighted by Crippen LogP contribution is -2.50. The summed E-state index contributed by atoms with van der Waals surface area (Å²) in [6.07, 6.45) is -12.7. The van der Waals surface area contributed by atoms with E-state index in [0.29, 0.717) is 0 Å². The Labute approximate surface area is 130 Å². The van der Waals surface area contributed by atoms with Crippen LogP contribution in [0.4, 0.5) is 45.2 Å². The van der Waals surface area contributed by atoms with E-state index < -0.39 is 56.2 Å². The Balaban J connectivity index is 3.62. The Hall–Kier alpha value is -0.780. The molecule has 0 heterocycles. The van der Waals surface area contributed by atoms with Crippen molar-refractivity contribution in [2.75, 3.05) is 5.73 Å². The molecular weight excluding hydrogens is 417 g/mol. The maximum Gasteiger partial charge on any atom is 0.435 e. The Kier molecular flexibility index (Phi) is 5.27. The van der Waals surface area contributed by atoms with Crippen molar-refractivity contribution < 1.29 is 39.5 Å². The lowest BCUT2D eigenvalue weighted by Gasteiger charge is -2.31. The SMILES string of the molecule is Nc1c(Br)cc(C(F)(C(F)(F)F)C(F)(F)F)cc1SC(F)F. The van der Waals surface area contributed by atoms with Crippen molar-refractivity contribution in [1.29, 1.82) is 0 Å². The average Bonchev–Trinajstić information content (AvgIpc) is 2.30. The molecule has 0 fully saturated rings. The van der Waals surface area contributed by atoms with Gasteiger partial charge >= 0.3 is 18.0 Å². The summed E-state index contributed by atoms with van der Waals surface area (Å²) in [6, 6.07) is 0.170. The molecule has 0 radical (unpaired) electrons. The monoisotopic (exact) mass is 421 g/mol. The first-order chi connectivity index (χ1) is 9.71. The molecule has 0 spiro atoms. The molecule has 12 heteroatoms. The van der Waals surface area contributed by atoms with Gasteiger partial charge in [0.25, 0.3) is 5.76 Å². The Morgan fingerprint density at radius 2 is 1.41 bits per heavy atom. The van der Waals surface area contributed by atoms with Crippen LogP contribution in [0.3, 0.4) is 0 Å². The summed E-state index contributed by atoms with van der Waals surface area (Å²) in [7, 11) is 0. The van der Waals surface area contributed by atoms with Crippen LogP contribution in [-0.4, -0.2) is 18.1 Å². The van der Waals surface area contributed by atoms with Gasteiger partial charge in [-0.3, -0.25) is 0 Å². The van der Waals surface area contributed by atoms with Gasteiger partial charge in [-0.2, -0.15) is 35.1 Å². The van der Waals surface area contributed by atoms with Crippen molar-refractivity contribution in [3.05, 3.63) is 22.2 Å². The smallest absolute Gasteiger partial charge is 0.397 e. The Morgan fingerprint density at radius 1 is 0.955 bits per heavy atom. The van der Waals surface area contributed by atoms with Gasteiger partial charge in [-0.05, 0) is 28.1 Å². The Bertz CT molecular complexity index is 541. The summed E-state index contributed by atoms with van der Waals surface area (Å²) in [5.74, 6) is -3.17. The van der Waals surface area contributed by atoms with Gasteiger partial charge in [0.1, 0.15) is 0 Å². The molecule has 22 heavy (non-hydrogen) atoms. The number of nitrogen functional groups attached to an aromatic ring is 1. The maximum atomic E-state index is 13.9. The summed E-state index contributed by atoms with van der Waals surface area (Å²) in [4.78, 5) is -0.810. The van der Waals surface area contributed by atoms with Gasteiger partial charge in [-0.25, -0.2) is 4.39 Å². The zero-order valence-corrected chi connectivity index (χ0v) is 12.4. The minimum absolute atomic E-state index is 0.0118. The molecule has 1 nitrogen and oxygen atoms in total. The van der Waals surface area contributed by atoms with E-state index >= 15 is 0 Å². The molecule has 0 bridgehead atoms. The molecule has 0 aliphatic heterocycles. The highest BCUT2D eigenvalue weighted by Crippen LogP contribution is 2.54. The van der Waals surface area contributed by atoms with Crippen LogP contribution in [0.5, 0.6) is 0 Å². The number of hydrogen-bond acceptors (Lipinski definition) is 2. The number of thioether (sulfide) groups is 1. The Morgan fingerprint density at radius 3 is 1.77 bits per heavy atom. The second-order valence-electron chi connectivity index (χ2n) is 3.90. The molecule has 0 saturated carbocycles. The van der Waals surface area contributed by atoms with Gasteiger partial charge in [-0.15, -0.1) is 0 Å². The summed E-state index contributed by atoms with van der Waals surface area (Å²) in [5.41, 5.74) is -2.86. The number of rotatable bonds is 3. The standard InChI is InChI=1S/C10H5BrF9NS/c11-4-1-3(2-5(6(4)21)22-7(12)13)8(14,9(15,16)17)10(18,19)20/h1-2,7H,21H2. The highest BCUT2D eigenvalue weighted by Gasteiger charge is 2.73. The van der Waals surface area contributed by atoms with Crippen molar-refractivity contribution >= 4 is 33.4 Å². The summed E-state index contributed by atoms with van der Waals surface area (Å²) < 4.78 is 114. The van der Waals surface area contributed by atoms with E-state index in [4.69, 9.17) is 5.73 Å². The van der Waals surface area contributed by atoms with Crippen molar-refractivity contribution in [1.82, 2.24) is 0 Å². The number of benzene rings is 1. The van der Waals surface area contributed by atoms with E-state index in [1.807, 2.05) is 0 Å². The fraction of sp³-hybridized carbons (Fsp3) is 0.400. The quantitative estimate of drug-likeness (QED) is 0.388. The van der Waals surface area contributed by atoms with E-state index in [0.717, 1.165) is 0 Å². The number of nitrogens with two attached hydrogens (primary N) is 1. The predicted octanol–water partition coefficient (Wildman–Crippen LogP) is 5.64. The molecule has 0 aliphatic carbocycles. The fourth-order valence-electron chi connectivity index (χ4n) is 1.47. The first-order valence-corrected chi connectivity index (χ1v) is 6.75. The van der Waals surface area contributed by atoms with E-state index in [-0.39, 0.29) is 12.1 Å². The van der Waals surface area contributed by atoms with Gasteiger partial charge in [0.15, 0.2) is 0 Å². The third-order valence-corrected chi connectivity index (χ3v) is 3.91. The largest absolute Gasteiger partial charge is 0.435 e. The van der Waals surface area contributed by atoms with Gasteiger partial charge in [0.05, 0.1) is 5.69 Å². The summed E-state index contributed by atoms with van der Waals surface area (Å²) in [5, 5.41) is 0. The van der Waals surface area contributed by atoms with Crippen LogP contribution in [0.1, 0.15) is 5.56 Å². The molecule has 2 N–H and O–H groups in total. The minimum Gasteiger partial charge on any atom is -0.397 e. The normalized spacial score (nSPS) is 13.8. The van der Waals surface area contributed by atoms with Gasteiger partial charge in [0, 0.05) is 14.9 Å². The third kappa shape index (κ3) is 3.42. The van der Waals surface area contributed by atoms with Crippen LogP contribution in [-0.2, 0) is 5.67 Å². The lowest BCUT2D eigenvalue weighted by atomic mass is 9.94. The van der Waals surface area contributed by atoms with Gasteiger partial charge in [0.2, 0.25) is 0 Å². The highest BCUT2D eigenvalue weighted by molar-refractivity contribution is 9.10. The van der Waals surface area contributed by atoms with E-state index in [1.165, 1.54) is 0 Å². The number of halogens is 10. The van der Waals surface area contributed by atoms with Crippen molar-refractivity contribution in [2.45, 2.75) is 28.7 Å². The molecule has 0 saturated heterocycles. The predicted molar refractivity (Wildman–Crippen MR) is 65.3 cm³/mol. The van der Waals surface area contributed by atoms with E-state index in [2.05, 4.69) is 15.9 Å². The summed E-state index contributed by atoms with van der Waals surface area (Å²) >= 11 is 2.13. The second kappa shape index (κ2) is 6.02. The van der Waals surface area contributed by atoms with Crippen LogP contribution in [0.25, 0.3) is 0 Å². The first kappa shape index (κ1) is 19.3. The zero-order chi connectivity index (χ0) is 17.5. The van der Waals surface area contributed by atoms with Crippen molar-refractivity contribution in [3.8, 4) is 0 Å². The molecular formula is C10H5BrF9NS. The fourth-order valence-corrected chi connectivity index (χ4v) is 2.69. The average molecular weight is 422 g/mol. The van der Waals surface area contributed by atoms with Gasteiger partial charge in [-0.1, -0.05) is 11.8 Å². The molecule has 0 atom stereocenters. The number of hydrogen-bond donors (Lipinski definition) is 1. The van der Waals surface area contributed by atoms with Crippen LogP contribution in [0.15, 0.2) is 21.5 Å². The zero-order valence-electron chi connectivity index (χ0n) is 10.00. The molecule has 1 aromatic carbocycles. The van der Waals surface area contributed by atoms with Crippen LogP contribution < -0.4 is 5.73 Å². The third-order valence-electron chi connectivity index (χ3n) is 2.49. The molecule has 1 aromatic rings. The molecule has 0 amide bonds. The maximum absolute atomic E-state index is 13.9. The van der Waals surface area contributed by atoms with E-state index in [9.17, 15) is 39.5 Å². The van der Waals surface area contributed by atoms with E-state index in [1.54, 1.807) is 0 Å². The first-order valence-electron chi connectivity index (χ1n) is 5.08.